The molecule has 0 radical (unpaired) electrons. The lowest BCUT2D eigenvalue weighted by molar-refractivity contribution is -0.884. The molecule has 320 valence electrons. The quantitative estimate of drug-likeness (QED) is 0.0973. The van der Waals surface area contributed by atoms with E-state index in [2.05, 4.69) is 0 Å². The summed E-state index contributed by atoms with van der Waals surface area (Å²) in [6.45, 7) is 1.93. The van der Waals surface area contributed by atoms with E-state index < -0.39 is 66.0 Å². The van der Waals surface area contributed by atoms with Gasteiger partial charge < -0.3 is 9.04 Å². The van der Waals surface area contributed by atoms with Gasteiger partial charge in [0, 0.05) is 5.56 Å². The van der Waals surface area contributed by atoms with Gasteiger partial charge in [-0.1, -0.05) is 29.8 Å². The van der Waals surface area contributed by atoms with Gasteiger partial charge in [-0.3, -0.25) is 0 Å². The fourth-order valence-electron chi connectivity index (χ4n) is 6.32. The van der Waals surface area contributed by atoms with Gasteiger partial charge in [-0.05, 0) is 128 Å². The van der Waals surface area contributed by atoms with Crippen molar-refractivity contribution >= 4 is 60.3 Å². The molecule has 0 aliphatic heterocycles. The molecule has 0 saturated carbocycles. The minimum Gasteiger partial charge on any atom is -0.327 e. The molecule has 6 rings (SSSR count). The number of hydrogen-bond acceptors (Lipinski definition) is 11. The van der Waals surface area contributed by atoms with Gasteiger partial charge in [-0.15, -0.1) is 0 Å². The summed E-state index contributed by atoms with van der Waals surface area (Å²) in [5, 5.41) is 0. The molecular weight excluding hydrogens is 903 g/mol. The van der Waals surface area contributed by atoms with E-state index in [1.165, 1.54) is 103 Å². The van der Waals surface area contributed by atoms with E-state index in [-0.39, 0.29) is 71.1 Å². The van der Waals surface area contributed by atoms with Gasteiger partial charge in [0.25, 0.3) is 0 Å². The van der Waals surface area contributed by atoms with Gasteiger partial charge in [0.15, 0.2) is 20.9 Å². The summed E-state index contributed by atoms with van der Waals surface area (Å²) in [6.07, 6.45) is 0. The molecular formula is C42H40NO12S6+. The summed E-state index contributed by atoms with van der Waals surface area (Å²) in [5.41, 5.74) is 1.33. The monoisotopic (exact) mass is 942 g/mol. The normalized spacial score (nSPS) is 13.5. The van der Waals surface area contributed by atoms with Gasteiger partial charge >= 0.3 is 0 Å². The highest BCUT2D eigenvalue weighted by Crippen LogP contribution is 2.31. The Bertz CT molecular complexity index is 3220. The minimum absolute atomic E-state index is 0.00764. The van der Waals surface area contributed by atoms with Crippen LogP contribution in [-0.4, -0.2) is 76.5 Å². The molecule has 1 atom stereocenters. The van der Waals surface area contributed by atoms with E-state index in [0.717, 1.165) is 29.8 Å². The van der Waals surface area contributed by atoms with Crippen molar-refractivity contribution in [3.05, 3.63) is 156 Å². The molecule has 1 N–H and O–H groups in total. The van der Waals surface area contributed by atoms with Crippen molar-refractivity contribution in [3.8, 4) is 0 Å². The number of hydrogen-bond donors (Lipinski definition) is 1. The topological polar surface area (TPSA) is 208 Å². The lowest BCUT2D eigenvalue weighted by atomic mass is 10.2. The summed E-state index contributed by atoms with van der Waals surface area (Å²) < 4.78 is 156. The van der Waals surface area contributed by atoms with Crippen LogP contribution in [0.25, 0.3) is 0 Å². The summed E-state index contributed by atoms with van der Waals surface area (Å²) >= 11 is -2.30. The minimum atomic E-state index is -4.24. The standard InChI is InChI=1S/C42H39NO12S6/c1-30-5-11-34(12-6-30)58(48,49)37-21-23-40(24-22-37)61(54,55)41-25-26-42(32(27-41)28-43(2,3)4)57(46,47)29-31-7-13-35(14-8-31)59(50,51)38-17-19-39(20-18-38)60(52,53)36-15-9-33(10-16-36)56(44)45/h5-27H,28-29H2,1-4H3/p+1. The van der Waals surface area contributed by atoms with E-state index in [1.807, 2.05) is 6.92 Å². The molecule has 0 fully saturated rings. The zero-order valence-electron chi connectivity index (χ0n) is 33.0. The highest BCUT2D eigenvalue weighted by Gasteiger charge is 2.28. The van der Waals surface area contributed by atoms with Crippen molar-refractivity contribution < 1.29 is 55.3 Å². The molecule has 0 aliphatic carbocycles. The van der Waals surface area contributed by atoms with Crippen molar-refractivity contribution in [3.63, 3.8) is 0 Å². The average molecular weight is 943 g/mol. The van der Waals surface area contributed by atoms with Crippen molar-refractivity contribution in [2.75, 3.05) is 21.1 Å². The van der Waals surface area contributed by atoms with Crippen LogP contribution in [0.3, 0.4) is 0 Å². The number of aryl methyl sites for hydroxylation is 1. The smallest absolute Gasteiger partial charge is 0.206 e. The number of benzene rings is 6. The number of nitrogens with zero attached hydrogens (tertiary/aromatic N) is 1. The number of rotatable bonds is 14. The highest BCUT2D eigenvalue weighted by atomic mass is 32.2. The first-order valence-corrected chi connectivity index (χ1v) is 26.7. The van der Waals surface area contributed by atoms with Crippen LogP contribution in [0, 0.1) is 6.92 Å². The molecule has 0 bridgehead atoms. The Morgan fingerprint density at radius 2 is 0.770 bits per heavy atom. The average Bonchev–Trinajstić information content (AvgIpc) is 3.20. The van der Waals surface area contributed by atoms with Crippen LogP contribution in [-0.2, 0) is 72.6 Å². The van der Waals surface area contributed by atoms with Gasteiger partial charge in [0.1, 0.15) is 6.54 Å². The molecule has 19 heteroatoms. The molecule has 0 spiro atoms. The molecule has 6 aromatic carbocycles. The predicted octanol–water partition coefficient (Wildman–Crippen LogP) is 6.09. The maximum Gasteiger partial charge on any atom is 0.206 e. The lowest BCUT2D eigenvalue weighted by Gasteiger charge is -2.25. The molecule has 0 saturated heterocycles. The van der Waals surface area contributed by atoms with Crippen molar-refractivity contribution in [2.24, 2.45) is 0 Å². The Morgan fingerprint density at radius 1 is 0.459 bits per heavy atom. The van der Waals surface area contributed by atoms with E-state index >= 15 is 0 Å². The highest BCUT2D eigenvalue weighted by molar-refractivity contribution is 7.92. The van der Waals surface area contributed by atoms with Crippen LogP contribution < -0.4 is 0 Å². The zero-order valence-corrected chi connectivity index (χ0v) is 37.9. The molecule has 1 unspecified atom stereocenters. The number of sulfone groups is 5. The maximum absolute atomic E-state index is 14.0. The predicted molar refractivity (Wildman–Crippen MR) is 227 cm³/mol. The van der Waals surface area contributed by atoms with Crippen LogP contribution in [0.15, 0.2) is 188 Å². The van der Waals surface area contributed by atoms with E-state index in [0.29, 0.717) is 0 Å². The summed E-state index contributed by atoms with van der Waals surface area (Å²) in [6, 6.07) is 29.1. The first kappa shape index (κ1) is 45.7. The third kappa shape index (κ3) is 9.79. The molecule has 0 aliphatic rings. The molecule has 0 aromatic heterocycles. The van der Waals surface area contributed by atoms with E-state index in [9.17, 15) is 50.9 Å². The first-order valence-electron chi connectivity index (χ1n) is 18.1. The first-order chi connectivity index (χ1) is 28.3. The third-order valence-electron chi connectivity index (χ3n) is 9.47. The Balaban J connectivity index is 1.23. The Hall–Kier alpha value is -4.86. The van der Waals surface area contributed by atoms with Gasteiger partial charge in [0.05, 0.1) is 75.9 Å². The molecule has 6 aromatic rings. The van der Waals surface area contributed by atoms with Crippen molar-refractivity contribution in [1.82, 2.24) is 0 Å². The largest absolute Gasteiger partial charge is 0.327 e. The summed E-state index contributed by atoms with van der Waals surface area (Å²) in [4.78, 5) is -1.31. The van der Waals surface area contributed by atoms with Crippen LogP contribution in [0.1, 0.15) is 16.7 Å². The van der Waals surface area contributed by atoms with Gasteiger partial charge in [-0.2, -0.15) is 0 Å². The number of quaternary nitrogens is 1. The fourth-order valence-corrected chi connectivity index (χ4v) is 13.4. The van der Waals surface area contributed by atoms with Gasteiger partial charge in [0.2, 0.25) is 39.3 Å². The third-order valence-corrected chi connectivity index (χ3v) is 19.0. The second kappa shape index (κ2) is 16.8. The van der Waals surface area contributed by atoms with Crippen molar-refractivity contribution in [2.45, 2.75) is 68.2 Å². The van der Waals surface area contributed by atoms with Crippen LogP contribution >= 0.6 is 0 Å². The maximum atomic E-state index is 14.0. The lowest BCUT2D eigenvalue weighted by Crippen LogP contribution is -2.34. The van der Waals surface area contributed by atoms with E-state index in [1.54, 1.807) is 33.3 Å². The Morgan fingerprint density at radius 3 is 1.13 bits per heavy atom. The van der Waals surface area contributed by atoms with Crippen molar-refractivity contribution in [1.29, 1.82) is 0 Å². The Labute approximate surface area is 358 Å². The van der Waals surface area contributed by atoms with E-state index in [4.69, 9.17) is 0 Å². The van der Waals surface area contributed by atoms with Crippen LogP contribution in [0.2, 0.25) is 0 Å². The van der Waals surface area contributed by atoms with Crippen LogP contribution in [0.5, 0.6) is 0 Å². The fraction of sp³-hybridized carbons (Fsp3) is 0.143. The Kier molecular flexibility index (Phi) is 12.6. The second-order valence-corrected chi connectivity index (χ2v) is 25.8. The molecule has 61 heavy (non-hydrogen) atoms. The molecule has 13 nitrogen and oxygen atoms in total. The van der Waals surface area contributed by atoms with Gasteiger partial charge in [-0.25, -0.2) is 46.3 Å². The SMILES string of the molecule is Cc1ccc(S(=O)(=O)c2ccc(S(=O)(=O)c3ccc(S(=O)(=O)Cc4ccc(S(=O)(=O)c5ccc(S(=O)(=O)c6ccc(S(=O)O)cc6)cc5)cc4)c(C[N+](C)(C)C)c3)cc2)cc1. The second-order valence-electron chi connectivity index (χ2n) is 15.1. The summed E-state index contributed by atoms with van der Waals surface area (Å²) in [7, 11) is -15.2. The van der Waals surface area contributed by atoms with Crippen LogP contribution in [0.4, 0.5) is 0 Å². The zero-order chi connectivity index (χ0) is 44.8. The molecule has 0 heterocycles. The molecule has 0 amide bonds. The summed E-state index contributed by atoms with van der Waals surface area (Å²) in [5.74, 6) is -0.553.